The van der Waals surface area contributed by atoms with Crippen LogP contribution >= 0.6 is 0 Å². The molecule has 0 aliphatic heterocycles. The first kappa shape index (κ1) is 19.2. The highest BCUT2D eigenvalue weighted by molar-refractivity contribution is 5.93. The molecule has 7 nitrogen and oxygen atoms in total. The van der Waals surface area contributed by atoms with E-state index in [4.69, 9.17) is 9.72 Å². The first-order valence-corrected chi connectivity index (χ1v) is 9.30. The van der Waals surface area contributed by atoms with Crippen LogP contribution in [-0.4, -0.2) is 45.8 Å². The van der Waals surface area contributed by atoms with Gasteiger partial charge in [-0.1, -0.05) is 0 Å². The number of fused-ring (bicyclic) bond motifs is 3. The number of carbonyl (C=O) groups is 1. The second-order valence-electron chi connectivity index (χ2n) is 6.97. The molecule has 1 N–H and O–H groups in total. The number of ether oxygens (including phenoxy) is 1. The van der Waals surface area contributed by atoms with E-state index < -0.39 is 0 Å². The van der Waals surface area contributed by atoms with Crippen molar-refractivity contribution in [3.05, 3.63) is 34.3 Å². The molecule has 1 amide bonds. The van der Waals surface area contributed by atoms with Crippen molar-refractivity contribution in [2.24, 2.45) is 0 Å². The molecule has 0 bridgehead atoms. The molecule has 3 aromatic heterocycles. The number of pyridine rings is 1. The molecule has 0 aliphatic rings. The normalized spacial score (nSPS) is 11.4. The molecule has 0 saturated heterocycles. The van der Waals surface area contributed by atoms with Crippen molar-refractivity contribution in [3.63, 3.8) is 0 Å². The Labute approximate surface area is 159 Å². The minimum Gasteiger partial charge on any atom is -0.385 e. The van der Waals surface area contributed by atoms with Crippen molar-refractivity contribution in [3.8, 4) is 0 Å². The van der Waals surface area contributed by atoms with Crippen LogP contribution in [0.3, 0.4) is 0 Å². The van der Waals surface area contributed by atoms with E-state index in [1.165, 1.54) is 0 Å². The van der Waals surface area contributed by atoms with E-state index >= 15 is 0 Å². The smallest absolute Gasteiger partial charge is 0.220 e. The third kappa shape index (κ3) is 3.93. The highest BCUT2D eigenvalue weighted by Crippen LogP contribution is 2.25. The van der Waals surface area contributed by atoms with E-state index in [0.717, 1.165) is 51.3 Å². The monoisotopic (exact) mass is 369 g/mol. The molecule has 0 spiro atoms. The number of carbonyl (C=O) groups excluding carboxylic acids is 1. The molecular weight excluding hydrogens is 342 g/mol. The fourth-order valence-corrected chi connectivity index (χ4v) is 3.50. The molecule has 0 fully saturated rings. The minimum atomic E-state index is 0.0452. The highest BCUT2D eigenvalue weighted by Gasteiger charge is 2.17. The average molecular weight is 369 g/mol. The zero-order chi connectivity index (χ0) is 19.6. The Bertz CT molecular complexity index is 993. The third-order valence-corrected chi connectivity index (χ3v) is 4.86. The van der Waals surface area contributed by atoms with Gasteiger partial charge in [-0.05, 0) is 57.7 Å². The van der Waals surface area contributed by atoms with E-state index in [1.807, 2.05) is 25.3 Å². The maximum Gasteiger partial charge on any atom is 0.220 e. The summed E-state index contributed by atoms with van der Waals surface area (Å²) >= 11 is 0. The molecule has 27 heavy (non-hydrogen) atoms. The van der Waals surface area contributed by atoms with Crippen LogP contribution in [0.15, 0.2) is 6.07 Å². The summed E-state index contributed by atoms with van der Waals surface area (Å²) in [6.07, 6.45) is 1.89. The van der Waals surface area contributed by atoms with Crippen LogP contribution in [0.1, 0.15) is 41.1 Å². The topological polar surface area (TPSA) is 81.4 Å². The van der Waals surface area contributed by atoms with Gasteiger partial charge in [0.15, 0.2) is 11.3 Å². The molecule has 0 saturated carbocycles. The van der Waals surface area contributed by atoms with Gasteiger partial charge in [0.2, 0.25) is 5.91 Å². The van der Waals surface area contributed by atoms with Crippen LogP contribution < -0.4 is 5.32 Å². The van der Waals surface area contributed by atoms with Gasteiger partial charge in [0, 0.05) is 43.8 Å². The summed E-state index contributed by atoms with van der Waals surface area (Å²) < 4.78 is 6.86. The third-order valence-electron chi connectivity index (χ3n) is 4.86. The SMILES string of the molecule is COCCCNC(=O)CCc1c(C)nc2c3c(C)cc(C)nc3nn2c1C. The van der Waals surface area contributed by atoms with Gasteiger partial charge in [-0.2, -0.15) is 0 Å². The molecular formula is C20H27N5O2. The van der Waals surface area contributed by atoms with E-state index in [-0.39, 0.29) is 5.91 Å². The Morgan fingerprint density at radius 2 is 2.00 bits per heavy atom. The van der Waals surface area contributed by atoms with Crippen LogP contribution in [0.25, 0.3) is 16.7 Å². The number of aromatic nitrogens is 4. The summed E-state index contributed by atoms with van der Waals surface area (Å²) in [5.74, 6) is 0.0452. The highest BCUT2D eigenvalue weighted by atomic mass is 16.5. The number of hydrogen-bond donors (Lipinski definition) is 1. The number of methoxy groups -OCH3 is 1. The van der Waals surface area contributed by atoms with Crippen molar-refractivity contribution < 1.29 is 9.53 Å². The van der Waals surface area contributed by atoms with Crippen LogP contribution in [0, 0.1) is 27.7 Å². The molecule has 0 aromatic carbocycles. The van der Waals surface area contributed by atoms with Gasteiger partial charge < -0.3 is 10.1 Å². The molecule has 3 rings (SSSR count). The summed E-state index contributed by atoms with van der Waals surface area (Å²) in [5.41, 5.74) is 6.64. The molecule has 0 atom stereocenters. The number of aryl methyl sites for hydroxylation is 4. The van der Waals surface area contributed by atoms with Gasteiger partial charge in [-0.25, -0.2) is 14.5 Å². The number of nitrogens with one attached hydrogen (secondary N) is 1. The van der Waals surface area contributed by atoms with Crippen molar-refractivity contribution in [1.29, 1.82) is 0 Å². The van der Waals surface area contributed by atoms with Crippen molar-refractivity contribution in [2.75, 3.05) is 20.3 Å². The van der Waals surface area contributed by atoms with Gasteiger partial charge in [0.1, 0.15) is 0 Å². The Balaban J connectivity index is 1.86. The first-order chi connectivity index (χ1) is 12.9. The zero-order valence-corrected chi connectivity index (χ0v) is 16.7. The van der Waals surface area contributed by atoms with Crippen LogP contribution in [-0.2, 0) is 16.0 Å². The predicted molar refractivity (Wildman–Crippen MR) is 105 cm³/mol. The van der Waals surface area contributed by atoms with Gasteiger partial charge in [0.05, 0.1) is 5.39 Å². The van der Waals surface area contributed by atoms with Gasteiger partial charge in [-0.3, -0.25) is 4.79 Å². The number of hydrogen-bond acceptors (Lipinski definition) is 5. The van der Waals surface area contributed by atoms with Crippen molar-refractivity contribution in [2.45, 2.75) is 47.0 Å². The van der Waals surface area contributed by atoms with Gasteiger partial charge in [-0.15, -0.1) is 5.10 Å². The Morgan fingerprint density at radius 3 is 2.74 bits per heavy atom. The first-order valence-electron chi connectivity index (χ1n) is 9.30. The number of nitrogens with zero attached hydrogens (tertiary/aromatic N) is 4. The maximum absolute atomic E-state index is 12.1. The summed E-state index contributed by atoms with van der Waals surface area (Å²) in [7, 11) is 1.66. The quantitative estimate of drug-likeness (QED) is 0.648. The fraction of sp³-hybridized carbons (Fsp3) is 0.500. The lowest BCUT2D eigenvalue weighted by atomic mass is 10.1. The Kier molecular flexibility index (Phi) is 5.70. The number of amides is 1. The fourth-order valence-electron chi connectivity index (χ4n) is 3.50. The lowest BCUT2D eigenvalue weighted by Crippen LogP contribution is -2.25. The van der Waals surface area contributed by atoms with Crippen LogP contribution in [0.2, 0.25) is 0 Å². The lowest BCUT2D eigenvalue weighted by molar-refractivity contribution is -0.121. The van der Waals surface area contributed by atoms with E-state index in [0.29, 0.717) is 26.0 Å². The summed E-state index contributed by atoms with van der Waals surface area (Å²) in [4.78, 5) is 21.4. The molecule has 3 aromatic rings. The summed E-state index contributed by atoms with van der Waals surface area (Å²) in [5, 5.41) is 8.59. The lowest BCUT2D eigenvalue weighted by Gasteiger charge is -2.11. The predicted octanol–water partition coefficient (Wildman–Crippen LogP) is 2.60. The largest absolute Gasteiger partial charge is 0.385 e. The van der Waals surface area contributed by atoms with Crippen molar-refractivity contribution in [1.82, 2.24) is 24.9 Å². The molecule has 0 aliphatic carbocycles. The Hall–Kier alpha value is -2.54. The zero-order valence-electron chi connectivity index (χ0n) is 16.7. The summed E-state index contributed by atoms with van der Waals surface area (Å²) in [6, 6.07) is 2.05. The molecule has 7 heteroatoms. The molecule has 144 valence electrons. The van der Waals surface area contributed by atoms with Gasteiger partial charge >= 0.3 is 0 Å². The van der Waals surface area contributed by atoms with E-state index in [2.05, 4.69) is 28.4 Å². The maximum atomic E-state index is 12.1. The standard InChI is InChI=1S/C20H27N5O2/c1-12-11-13(2)22-19-18(12)20-23-14(3)16(15(4)25(20)24-19)7-8-17(26)21-9-6-10-27-5/h11H,6-10H2,1-5H3,(H,21,26). The second kappa shape index (κ2) is 8.00. The number of rotatable bonds is 7. The molecule has 0 unspecified atom stereocenters. The van der Waals surface area contributed by atoms with Crippen LogP contribution in [0.4, 0.5) is 0 Å². The van der Waals surface area contributed by atoms with E-state index in [1.54, 1.807) is 7.11 Å². The minimum absolute atomic E-state index is 0.0452. The Morgan fingerprint density at radius 1 is 1.22 bits per heavy atom. The summed E-state index contributed by atoms with van der Waals surface area (Å²) in [6.45, 7) is 9.34. The molecule has 0 radical (unpaired) electrons. The van der Waals surface area contributed by atoms with Crippen molar-refractivity contribution >= 4 is 22.6 Å². The van der Waals surface area contributed by atoms with Gasteiger partial charge in [0.25, 0.3) is 0 Å². The second-order valence-corrected chi connectivity index (χ2v) is 6.97. The molecule has 3 heterocycles. The van der Waals surface area contributed by atoms with Crippen LogP contribution in [0.5, 0.6) is 0 Å². The average Bonchev–Trinajstić information content (AvgIpc) is 2.97. The van der Waals surface area contributed by atoms with E-state index in [9.17, 15) is 4.79 Å².